The molecule has 0 bridgehead atoms. The Kier molecular flexibility index (Phi) is 3.17. The molecule has 2 atom stereocenters. The normalized spacial score (nSPS) is 25.1. The minimum absolute atomic E-state index is 0.597. The summed E-state index contributed by atoms with van der Waals surface area (Å²) in [4.78, 5) is 2.53. The Balaban J connectivity index is 2.02. The summed E-state index contributed by atoms with van der Waals surface area (Å²) in [5.74, 6) is 2.33. The van der Waals surface area contributed by atoms with Gasteiger partial charge in [0.2, 0.25) is 0 Å². The SMILES string of the molecule is COc1cc2c(cc1OC)N1CCCC(C)C1CN2. The highest BCUT2D eigenvalue weighted by atomic mass is 16.5. The maximum atomic E-state index is 5.43. The fourth-order valence-corrected chi connectivity index (χ4v) is 3.32. The maximum Gasteiger partial charge on any atom is 0.162 e. The molecular weight excluding hydrogens is 240 g/mol. The van der Waals surface area contributed by atoms with Gasteiger partial charge in [-0.3, -0.25) is 0 Å². The van der Waals surface area contributed by atoms with Crippen LogP contribution in [0.4, 0.5) is 11.4 Å². The van der Waals surface area contributed by atoms with Gasteiger partial charge < -0.3 is 19.7 Å². The van der Waals surface area contributed by atoms with Gasteiger partial charge in [0.1, 0.15) is 0 Å². The quantitative estimate of drug-likeness (QED) is 0.888. The standard InChI is InChI=1S/C15H22N2O2/c1-10-5-4-6-17-12-8-15(19-3)14(18-2)7-11(12)16-9-13(10)17/h7-8,10,13,16H,4-6,9H2,1-3H3. The number of hydrogen-bond donors (Lipinski definition) is 1. The Bertz CT molecular complexity index is 475. The van der Waals surface area contributed by atoms with Crippen molar-refractivity contribution in [2.75, 3.05) is 37.5 Å². The van der Waals surface area contributed by atoms with Crippen molar-refractivity contribution in [3.05, 3.63) is 12.1 Å². The molecule has 0 radical (unpaired) electrons. The fourth-order valence-electron chi connectivity index (χ4n) is 3.32. The van der Waals surface area contributed by atoms with Crippen molar-refractivity contribution in [1.82, 2.24) is 0 Å². The van der Waals surface area contributed by atoms with Crippen molar-refractivity contribution in [3.8, 4) is 11.5 Å². The summed E-state index contributed by atoms with van der Waals surface area (Å²) in [6.45, 7) is 4.51. The minimum atomic E-state index is 0.597. The molecule has 2 aliphatic rings. The third kappa shape index (κ3) is 1.99. The van der Waals surface area contributed by atoms with Crippen molar-refractivity contribution in [2.45, 2.75) is 25.8 Å². The van der Waals surface area contributed by atoms with Gasteiger partial charge in [-0.15, -0.1) is 0 Å². The van der Waals surface area contributed by atoms with Crippen LogP contribution in [0.5, 0.6) is 11.5 Å². The average molecular weight is 262 g/mol. The molecule has 1 fully saturated rings. The summed E-state index contributed by atoms with van der Waals surface area (Å²) in [5, 5.41) is 3.54. The Morgan fingerprint density at radius 3 is 2.68 bits per heavy atom. The van der Waals surface area contributed by atoms with Crippen LogP contribution in [0, 0.1) is 5.92 Å². The monoisotopic (exact) mass is 262 g/mol. The highest BCUT2D eigenvalue weighted by molar-refractivity contribution is 5.77. The van der Waals surface area contributed by atoms with Gasteiger partial charge in [-0.25, -0.2) is 0 Å². The summed E-state index contributed by atoms with van der Waals surface area (Å²) in [5.41, 5.74) is 2.41. The molecule has 4 nitrogen and oxygen atoms in total. The number of fused-ring (bicyclic) bond motifs is 3. The Morgan fingerprint density at radius 2 is 1.95 bits per heavy atom. The van der Waals surface area contributed by atoms with Gasteiger partial charge in [-0.2, -0.15) is 0 Å². The van der Waals surface area contributed by atoms with E-state index in [1.807, 2.05) is 6.07 Å². The molecule has 1 N–H and O–H groups in total. The minimum Gasteiger partial charge on any atom is -0.493 e. The molecule has 1 aromatic rings. The number of nitrogens with zero attached hydrogens (tertiary/aromatic N) is 1. The van der Waals surface area contributed by atoms with E-state index in [1.165, 1.54) is 18.5 Å². The van der Waals surface area contributed by atoms with Crippen molar-refractivity contribution in [3.63, 3.8) is 0 Å². The molecule has 104 valence electrons. The molecule has 2 aliphatic heterocycles. The first-order chi connectivity index (χ1) is 9.24. The number of methoxy groups -OCH3 is 2. The Labute approximate surface area is 114 Å². The number of anilines is 2. The van der Waals surface area contributed by atoms with Crippen LogP contribution in [0.25, 0.3) is 0 Å². The molecule has 4 heteroatoms. The van der Waals surface area contributed by atoms with Crippen LogP contribution >= 0.6 is 0 Å². The third-order valence-corrected chi connectivity index (χ3v) is 4.43. The number of nitrogens with one attached hydrogen (secondary N) is 1. The lowest BCUT2D eigenvalue weighted by Gasteiger charge is -2.46. The molecule has 1 aromatic carbocycles. The maximum absolute atomic E-state index is 5.43. The summed E-state index contributed by atoms with van der Waals surface area (Å²) in [6, 6.07) is 4.74. The van der Waals surface area contributed by atoms with E-state index in [2.05, 4.69) is 23.2 Å². The van der Waals surface area contributed by atoms with Gasteiger partial charge in [0.25, 0.3) is 0 Å². The summed E-state index contributed by atoms with van der Waals surface area (Å²) >= 11 is 0. The molecule has 2 heterocycles. The molecule has 3 rings (SSSR count). The van der Waals surface area contributed by atoms with Gasteiger partial charge in [0.05, 0.1) is 25.6 Å². The van der Waals surface area contributed by atoms with E-state index in [9.17, 15) is 0 Å². The molecule has 0 aromatic heterocycles. The molecule has 0 amide bonds. The van der Waals surface area contributed by atoms with Crippen molar-refractivity contribution in [1.29, 1.82) is 0 Å². The predicted molar refractivity (Wildman–Crippen MR) is 77.6 cm³/mol. The largest absolute Gasteiger partial charge is 0.493 e. The van der Waals surface area contributed by atoms with Crippen molar-refractivity contribution < 1.29 is 9.47 Å². The van der Waals surface area contributed by atoms with Crippen LogP contribution in [0.3, 0.4) is 0 Å². The molecular formula is C15H22N2O2. The number of hydrogen-bond acceptors (Lipinski definition) is 4. The average Bonchev–Trinajstić information content (AvgIpc) is 2.45. The van der Waals surface area contributed by atoms with Gasteiger partial charge in [0.15, 0.2) is 11.5 Å². The van der Waals surface area contributed by atoms with Crippen LogP contribution in [0.2, 0.25) is 0 Å². The van der Waals surface area contributed by atoms with Crippen molar-refractivity contribution >= 4 is 11.4 Å². The van der Waals surface area contributed by atoms with Crippen LogP contribution in [-0.2, 0) is 0 Å². The zero-order chi connectivity index (χ0) is 13.4. The van der Waals surface area contributed by atoms with E-state index in [-0.39, 0.29) is 0 Å². The molecule has 1 saturated heterocycles. The molecule has 2 unspecified atom stereocenters. The second-order valence-corrected chi connectivity index (χ2v) is 5.49. The van der Waals surface area contributed by atoms with E-state index in [0.29, 0.717) is 6.04 Å². The van der Waals surface area contributed by atoms with Crippen LogP contribution in [-0.4, -0.2) is 33.4 Å². The number of piperidine rings is 1. The van der Waals surface area contributed by atoms with Gasteiger partial charge in [-0.1, -0.05) is 6.92 Å². The van der Waals surface area contributed by atoms with Crippen LogP contribution in [0.15, 0.2) is 12.1 Å². The third-order valence-electron chi connectivity index (χ3n) is 4.43. The van der Waals surface area contributed by atoms with Crippen molar-refractivity contribution in [2.24, 2.45) is 5.92 Å². The summed E-state index contributed by atoms with van der Waals surface area (Å²) in [6.07, 6.45) is 2.59. The zero-order valence-corrected chi connectivity index (χ0v) is 11.9. The second-order valence-electron chi connectivity index (χ2n) is 5.49. The summed E-state index contributed by atoms with van der Waals surface area (Å²) < 4.78 is 10.8. The fraction of sp³-hybridized carbons (Fsp3) is 0.600. The van der Waals surface area contributed by atoms with Crippen LogP contribution in [0.1, 0.15) is 19.8 Å². The van der Waals surface area contributed by atoms with E-state index in [4.69, 9.17) is 9.47 Å². The topological polar surface area (TPSA) is 33.7 Å². The Morgan fingerprint density at radius 1 is 1.21 bits per heavy atom. The highest BCUT2D eigenvalue weighted by Crippen LogP contribution is 2.43. The lowest BCUT2D eigenvalue weighted by Crippen LogP contribution is -2.51. The summed E-state index contributed by atoms with van der Waals surface area (Å²) in [7, 11) is 3.37. The van der Waals surface area contributed by atoms with Gasteiger partial charge in [-0.05, 0) is 18.8 Å². The first-order valence-electron chi connectivity index (χ1n) is 7.01. The van der Waals surface area contributed by atoms with E-state index in [0.717, 1.165) is 36.2 Å². The van der Waals surface area contributed by atoms with Crippen LogP contribution < -0.4 is 19.7 Å². The van der Waals surface area contributed by atoms with E-state index in [1.54, 1.807) is 14.2 Å². The van der Waals surface area contributed by atoms with E-state index >= 15 is 0 Å². The van der Waals surface area contributed by atoms with E-state index < -0.39 is 0 Å². The predicted octanol–water partition coefficient (Wildman–Crippen LogP) is 2.73. The smallest absolute Gasteiger partial charge is 0.162 e. The molecule has 19 heavy (non-hydrogen) atoms. The number of rotatable bonds is 2. The first-order valence-corrected chi connectivity index (χ1v) is 7.01. The Hall–Kier alpha value is -1.58. The van der Waals surface area contributed by atoms with Gasteiger partial charge in [0, 0.05) is 31.3 Å². The van der Waals surface area contributed by atoms with Gasteiger partial charge >= 0.3 is 0 Å². The molecule has 0 aliphatic carbocycles. The number of benzene rings is 1. The first kappa shape index (κ1) is 12.5. The molecule has 0 saturated carbocycles. The zero-order valence-electron chi connectivity index (χ0n) is 11.9. The lowest BCUT2D eigenvalue weighted by atomic mass is 9.88. The lowest BCUT2D eigenvalue weighted by molar-refractivity contribution is 0.344. The highest BCUT2D eigenvalue weighted by Gasteiger charge is 2.33. The second kappa shape index (κ2) is 4.83. The molecule has 0 spiro atoms. The number of ether oxygens (including phenoxy) is 2.